The van der Waals surface area contributed by atoms with Gasteiger partial charge in [0.05, 0.1) is 13.2 Å². The molecule has 1 fully saturated rings. The van der Waals surface area contributed by atoms with Crippen molar-refractivity contribution in [2.75, 3.05) is 26.3 Å². The maximum atomic E-state index is 11.7. The summed E-state index contributed by atoms with van der Waals surface area (Å²) in [5, 5.41) is 6.28. The van der Waals surface area contributed by atoms with E-state index in [1.807, 2.05) is 0 Å². The lowest BCUT2D eigenvalue weighted by Gasteiger charge is -2.24. The first kappa shape index (κ1) is 12.5. The van der Waals surface area contributed by atoms with Crippen LogP contribution in [-0.4, -0.2) is 38.3 Å². The molecule has 0 bridgehead atoms. The predicted octanol–water partition coefficient (Wildman–Crippen LogP) is 0.527. The van der Waals surface area contributed by atoms with E-state index < -0.39 is 0 Å². The number of carbonyl (C=O) groups excluding carboxylic acids is 1. The molecular weight excluding hydrogens is 192 g/mol. The van der Waals surface area contributed by atoms with Gasteiger partial charge < -0.3 is 15.4 Å². The summed E-state index contributed by atoms with van der Waals surface area (Å²) in [5.74, 6) is 0.335. The van der Waals surface area contributed by atoms with Crippen LogP contribution in [0.1, 0.15) is 26.7 Å². The lowest BCUT2D eigenvalue weighted by Crippen LogP contribution is -2.49. The number of nitrogens with one attached hydrogen (secondary N) is 2. The fourth-order valence-corrected chi connectivity index (χ4v) is 1.78. The van der Waals surface area contributed by atoms with E-state index in [2.05, 4.69) is 24.5 Å². The monoisotopic (exact) mass is 214 g/mol. The maximum Gasteiger partial charge on any atom is 0.223 e. The molecule has 0 aromatic rings. The standard InChI is InChI=1S/C11H22N2O2/c1-3-9(4-2)11(14)13-7-10-8-15-6-5-12-10/h9-10,12H,3-8H2,1-2H3,(H,13,14). The Kier molecular flexibility index (Phi) is 5.65. The molecule has 1 amide bonds. The second kappa shape index (κ2) is 6.80. The lowest BCUT2D eigenvalue weighted by atomic mass is 10.0. The highest BCUT2D eigenvalue weighted by molar-refractivity contribution is 5.78. The van der Waals surface area contributed by atoms with Crippen LogP contribution in [0, 0.1) is 5.92 Å². The van der Waals surface area contributed by atoms with E-state index in [1.165, 1.54) is 0 Å². The maximum absolute atomic E-state index is 11.7. The molecule has 1 aliphatic heterocycles. The van der Waals surface area contributed by atoms with Crippen molar-refractivity contribution in [2.24, 2.45) is 5.92 Å². The Hall–Kier alpha value is -0.610. The highest BCUT2D eigenvalue weighted by Crippen LogP contribution is 2.06. The molecule has 0 aromatic heterocycles. The van der Waals surface area contributed by atoms with E-state index in [0.29, 0.717) is 13.2 Å². The largest absolute Gasteiger partial charge is 0.378 e. The van der Waals surface area contributed by atoms with Crippen molar-refractivity contribution in [3.63, 3.8) is 0 Å². The smallest absolute Gasteiger partial charge is 0.223 e. The fourth-order valence-electron chi connectivity index (χ4n) is 1.78. The number of ether oxygens (including phenoxy) is 1. The molecule has 1 rings (SSSR count). The van der Waals surface area contributed by atoms with Crippen LogP contribution in [0.4, 0.5) is 0 Å². The van der Waals surface area contributed by atoms with E-state index in [1.54, 1.807) is 0 Å². The third-order valence-corrected chi connectivity index (χ3v) is 2.88. The molecule has 0 radical (unpaired) electrons. The first-order valence-electron chi connectivity index (χ1n) is 5.86. The number of hydrogen-bond donors (Lipinski definition) is 2. The van der Waals surface area contributed by atoms with Crippen LogP contribution in [0.5, 0.6) is 0 Å². The summed E-state index contributed by atoms with van der Waals surface area (Å²) >= 11 is 0. The number of rotatable bonds is 5. The minimum Gasteiger partial charge on any atom is -0.378 e. The van der Waals surface area contributed by atoms with Gasteiger partial charge in [-0.15, -0.1) is 0 Å². The summed E-state index contributed by atoms with van der Waals surface area (Å²) in [6.45, 7) is 7.13. The van der Waals surface area contributed by atoms with Crippen molar-refractivity contribution >= 4 is 5.91 Å². The molecule has 4 nitrogen and oxygen atoms in total. The zero-order chi connectivity index (χ0) is 11.1. The van der Waals surface area contributed by atoms with Crippen LogP contribution in [0.15, 0.2) is 0 Å². The summed E-state index contributed by atoms with van der Waals surface area (Å²) in [4.78, 5) is 11.7. The highest BCUT2D eigenvalue weighted by Gasteiger charge is 2.17. The van der Waals surface area contributed by atoms with E-state index in [0.717, 1.165) is 26.0 Å². The number of carbonyl (C=O) groups is 1. The lowest BCUT2D eigenvalue weighted by molar-refractivity contribution is -0.125. The van der Waals surface area contributed by atoms with Gasteiger partial charge in [0.15, 0.2) is 0 Å². The molecule has 15 heavy (non-hydrogen) atoms. The molecule has 1 aliphatic rings. The van der Waals surface area contributed by atoms with Gasteiger partial charge in [-0.05, 0) is 12.8 Å². The van der Waals surface area contributed by atoms with Crippen molar-refractivity contribution in [1.29, 1.82) is 0 Å². The minimum absolute atomic E-state index is 0.162. The molecule has 1 saturated heterocycles. The van der Waals surface area contributed by atoms with Gasteiger partial charge in [-0.3, -0.25) is 4.79 Å². The van der Waals surface area contributed by atoms with Crippen molar-refractivity contribution in [2.45, 2.75) is 32.7 Å². The molecule has 0 saturated carbocycles. The molecule has 4 heteroatoms. The normalized spacial score (nSPS) is 21.7. The molecule has 88 valence electrons. The van der Waals surface area contributed by atoms with Crippen molar-refractivity contribution in [3.05, 3.63) is 0 Å². The van der Waals surface area contributed by atoms with Crippen LogP contribution in [0.2, 0.25) is 0 Å². The van der Waals surface area contributed by atoms with Crippen LogP contribution in [-0.2, 0) is 9.53 Å². The summed E-state index contributed by atoms with van der Waals surface area (Å²) in [7, 11) is 0. The van der Waals surface area contributed by atoms with Gasteiger partial charge in [-0.2, -0.15) is 0 Å². The summed E-state index contributed by atoms with van der Waals surface area (Å²) < 4.78 is 5.31. The summed E-state index contributed by atoms with van der Waals surface area (Å²) in [6, 6.07) is 0.275. The average Bonchev–Trinajstić information content (AvgIpc) is 2.29. The molecule has 1 unspecified atom stereocenters. The van der Waals surface area contributed by atoms with Gasteiger partial charge >= 0.3 is 0 Å². The Morgan fingerprint density at radius 3 is 2.80 bits per heavy atom. The van der Waals surface area contributed by atoms with Gasteiger partial charge in [0.2, 0.25) is 5.91 Å². The van der Waals surface area contributed by atoms with Crippen molar-refractivity contribution < 1.29 is 9.53 Å². The SMILES string of the molecule is CCC(CC)C(=O)NCC1COCCN1. The Balaban J connectivity index is 2.20. The third-order valence-electron chi connectivity index (χ3n) is 2.88. The van der Waals surface area contributed by atoms with Gasteiger partial charge in [0, 0.05) is 25.0 Å². The zero-order valence-corrected chi connectivity index (χ0v) is 9.71. The average molecular weight is 214 g/mol. The molecular formula is C11H22N2O2. The van der Waals surface area contributed by atoms with E-state index in [4.69, 9.17) is 4.74 Å². The molecule has 1 atom stereocenters. The molecule has 2 N–H and O–H groups in total. The fraction of sp³-hybridized carbons (Fsp3) is 0.909. The first-order valence-corrected chi connectivity index (χ1v) is 5.86. The van der Waals surface area contributed by atoms with Crippen LogP contribution >= 0.6 is 0 Å². The van der Waals surface area contributed by atoms with Crippen LogP contribution in [0.25, 0.3) is 0 Å². The minimum atomic E-state index is 0.162. The van der Waals surface area contributed by atoms with E-state index in [-0.39, 0.29) is 17.9 Å². The van der Waals surface area contributed by atoms with Crippen LogP contribution < -0.4 is 10.6 Å². The van der Waals surface area contributed by atoms with Gasteiger partial charge in [0.25, 0.3) is 0 Å². The summed E-state index contributed by atoms with van der Waals surface area (Å²) in [5.41, 5.74) is 0. The second-order valence-corrected chi connectivity index (χ2v) is 3.98. The Morgan fingerprint density at radius 2 is 2.27 bits per heavy atom. The quantitative estimate of drug-likeness (QED) is 0.702. The molecule has 0 aliphatic carbocycles. The predicted molar refractivity (Wildman–Crippen MR) is 59.7 cm³/mol. The number of hydrogen-bond acceptors (Lipinski definition) is 3. The Labute approximate surface area is 91.8 Å². The van der Waals surface area contributed by atoms with Gasteiger partial charge in [-0.1, -0.05) is 13.8 Å². The molecule has 0 spiro atoms. The van der Waals surface area contributed by atoms with Gasteiger partial charge in [-0.25, -0.2) is 0 Å². The van der Waals surface area contributed by atoms with Crippen LogP contribution in [0.3, 0.4) is 0 Å². The molecule has 1 heterocycles. The van der Waals surface area contributed by atoms with E-state index in [9.17, 15) is 4.79 Å². The first-order chi connectivity index (χ1) is 7.27. The molecule has 0 aromatic carbocycles. The zero-order valence-electron chi connectivity index (χ0n) is 9.71. The third kappa shape index (κ3) is 4.18. The van der Waals surface area contributed by atoms with Gasteiger partial charge in [0.1, 0.15) is 0 Å². The Bertz CT molecular complexity index is 187. The van der Waals surface area contributed by atoms with E-state index >= 15 is 0 Å². The Morgan fingerprint density at radius 1 is 1.53 bits per heavy atom. The van der Waals surface area contributed by atoms with Crippen molar-refractivity contribution in [1.82, 2.24) is 10.6 Å². The summed E-state index contributed by atoms with van der Waals surface area (Å²) in [6.07, 6.45) is 1.83. The second-order valence-electron chi connectivity index (χ2n) is 3.98. The highest BCUT2D eigenvalue weighted by atomic mass is 16.5. The number of amides is 1. The van der Waals surface area contributed by atoms with Crippen molar-refractivity contribution in [3.8, 4) is 0 Å². The topological polar surface area (TPSA) is 50.4 Å². The number of morpholine rings is 1.